The molecule has 0 unspecified atom stereocenters. The Hall–Kier alpha value is -1.55. The summed E-state index contributed by atoms with van der Waals surface area (Å²) in [6.45, 7) is 1.39. The van der Waals surface area contributed by atoms with Gasteiger partial charge in [-0.15, -0.1) is 0 Å². The maximum Gasteiger partial charge on any atom is 0.153 e. The molecule has 1 heterocycles. The van der Waals surface area contributed by atoms with E-state index in [9.17, 15) is 9.90 Å². The van der Waals surface area contributed by atoms with E-state index in [1.54, 1.807) is 18.2 Å². The first kappa shape index (κ1) is 9.02. The van der Waals surface area contributed by atoms with Gasteiger partial charge in [0.05, 0.1) is 5.69 Å². The standard InChI is InChI=1S/C10H11NO3/c12-6-9(13)7-1-2-10-8(5-7)11-3-4-14-10/h1-2,5-6,9,11,13H,3-4H2/t9-/m1/s1. The number of hydrogen-bond donors (Lipinski definition) is 2. The molecule has 2 N–H and O–H groups in total. The summed E-state index contributed by atoms with van der Waals surface area (Å²) in [5, 5.41) is 12.4. The highest BCUT2D eigenvalue weighted by molar-refractivity contribution is 5.65. The van der Waals surface area contributed by atoms with Gasteiger partial charge in [-0.05, 0) is 17.7 Å². The highest BCUT2D eigenvalue weighted by atomic mass is 16.5. The van der Waals surface area contributed by atoms with E-state index in [2.05, 4.69) is 5.32 Å². The quantitative estimate of drug-likeness (QED) is 0.679. The first-order valence-electron chi connectivity index (χ1n) is 4.45. The third-order valence-electron chi connectivity index (χ3n) is 2.15. The average Bonchev–Trinajstić information content (AvgIpc) is 2.27. The molecule has 0 fully saturated rings. The second kappa shape index (κ2) is 3.67. The fourth-order valence-corrected chi connectivity index (χ4v) is 1.42. The monoisotopic (exact) mass is 193 g/mol. The smallest absolute Gasteiger partial charge is 0.153 e. The lowest BCUT2D eigenvalue weighted by atomic mass is 10.1. The first-order valence-corrected chi connectivity index (χ1v) is 4.45. The minimum atomic E-state index is -1.05. The minimum Gasteiger partial charge on any atom is -0.490 e. The van der Waals surface area contributed by atoms with E-state index < -0.39 is 6.10 Å². The Morgan fingerprint density at radius 2 is 2.43 bits per heavy atom. The number of hydrogen-bond acceptors (Lipinski definition) is 4. The number of aliphatic hydroxyl groups excluding tert-OH is 1. The van der Waals surface area contributed by atoms with Crippen LogP contribution < -0.4 is 10.1 Å². The van der Waals surface area contributed by atoms with Crippen molar-refractivity contribution in [1.29, 1.82) is 0 Å². The summed E-state index contributed by atoms with van der Waals surface area (Å²) in [6, 6.07) is 5.17. The molecule has 0 saturated heterocycles. The van der Waals surface area contributed by atoms with Crippen LogP contribution in [0.4, 0.5) is 5.69 Å². The van der Waals surface area contributed by atoms with Crippen LogP contribution in [0.2, 0.25) is 0 Å². The lowest BCUT2D eigenvalue weighted by Crippen LogP contribution is -2.18. The molecule has 0 bridgehead atoms. The van der Waals surface area contributed by atoms with Crippen LogP contribution in [0.1, 0.15) is 11.7 Å². The molecule has 74 valence electrons. The Balaban J connectivity index is 2.33. The van der Waals surface area contributed by atoms with Gasteiger partial charge < -0.3 is 20.0 Å². The van der Waals surface area contributed by atoms with E-state index in [0.29, 0.717) is 18.5 Å². The molecular weight excluding hydrogens is 182 g/mol. The van der Waals surface area contributed by atoms with Crippen molar-refractivity contribution < 1.29 is 14.6 Å². The Kier molecular flexibility index (Phi) is 2.37. The van der Waals surface area contributed by atoms with Gasteiger partial charge in [-0.3, -0.25) is 0 Å². The van der Waals surface area contributed by atoms with Gasteiger partial charge in [0.1, 0.15) is 18.5 Å². The highest BCUT2D eigenvalue weighted by Crippen LogP contribution is 2.29. The maximum atomic E-state index is 10.4. The van der Waals surface area contributed by atoms with Gasteiger partial charge in [0, 0.05) is 6.54 Å². The topological polar surface area (TPSA) is 58.6 Å². The van der Waals surface area contributed by atoms with Crippen LogP contribution in [-0.2, 0) is 4.79 Å². The average molecular weight is 193 g/mol. The zero-order valence-electron chi connectivity index (χ0n) is 7.56. The number of benzene rings is 1. The molecule has 0 saturated carbocycles. The molecule has 4 heteroatoms. The van der Waals surface area contributed by atoms with Crippen LogP contribution in [0.5, 0.6) is 5.75 Å². The fraction of sp³-hybridized carbons (Fsp3) is 0.300. The minimum absolute atomic E-state index is 0.505. The van der Waals surface area contributed by atoms with Gasteiger partial charge in [-0.2, -0.15) is 0 Å². The molecule has 0 amide bonds. The van der Waals surface area contributed by atoms with Gasteiger partial charge in [0.2, 0.25) is 0 Å². The highest BCUT2D eigenvalue weighted by Gasteiger charge is 2.12. The Labute approximate surface area is 81.5 Å². The number of carbonyl (C=O) groups is 1. The number of rotatable bonds is 2. The summed E-state index contributed by atoms with van der Waals surface area (Å²) >= 11 is 0. The van der Waals surface area contributed by atoms with Crippen molar-refractivity contribution >= 4 is 12.0 Å². The third kappa shape index (κ3) is 1.56. The van der Waals surface area contributed by atoms with Crippen LogP contribution in [0.25, 0.3) is 0 Å². The van der Waals surface area contributed by atoms with Crippen molar-refractivity contribution in [2.24, 2.45) is 0 Å². The van der Waals surface area contributed by atoms with Crippen LogP contribution in [0.3, 0.4) is 0 Å². The molecule has 0 spiro atoms. The summed E-state index contributed by atoms with van der Waals surface area (Å²) in [7, 11) is 0. The van der Waals surface area contributed by atoms with Gasteiger partial charge in [-0.25, -0.2) is 0 Å². The normalized spacial score (nSPS) is 16.1. The molecule has 1 atom stereocenters. The van der Waals surface area contributed by atoms with Crippen molar-refractivity contribution in [3.8, 4) is 5.75 Å². The molecule has 1 aromatic carbocycles. The SMILES string of the molecule is O=C[C@@H](O)c1ccc2c(c1)NCCO2. The number of carbonyl (C=O) groups excluding carboxylic acids is 1. The van der Waals surface area contributed by atoms with E-state index in [1.807, 2.05) is 0 Å². The molecule has 14 heavy (non-hydrogen) atoms. The predicted molar refractivity (Wildman–Crippen MR) is 51.5 cm³/mol. The summed E-state index contributed by atoms with van der Waals surface area (Å²) in [5.41, 5.74) is 1.41. The third-order valence-corrected chi connectivity index (χ3v) is 2.15. The number of anilines is 1. The Morgan fingerprint density at radius 1 is 1.57 bits per heavy atom. The number of aldehydes is 1. The second-order valence-electron chi connectivity index (χ2n) is 3.11. The largest absolute Gasteiger partial charge is 0.490 e. The Bertz CT molecular complexity index is 351. The lowest BCUT2D eigenvalue weighted by molar-refractivity contribution is -0.115. The van der Waals surface area contributed by atoms with Gasteiger partial charge in [0.15, 0.2) is 6.29 Å². The van der Waals surface area contributed by atoms with E-state index in [-0.39, 0.29) is 0 Å². The zero-order valence-corrected chi connectivity index (χ0v) is 7.56. The molecule has 4 nitrogen and oxygen atoms in total. The van der Waals surface area contributed by atoms with Crippen molar-refractivity contribution in [2.45, 2.75) is 6.10 Å². The summed E-state index contributed by atoms with van der Waals surface area (Å²) in [6.07, 6.45) is -0.546. The molecule has 1 aliphatic heterocycles. The molecule has 1 aliphatic rings. The molecule has 0 radical (unpaired) electrons. The van der Waals surface area contributed by atoms with Crippen LogP contribution in [-0.4, -0.2) is 24.5 Å². The number of nitrogens with one attached hydrogen (secondary N) is 1. The molecule has 2 rings (SSSR count). The predicted octanol–water partition coefficient (Wildman–Crippen LogP) is 0.723. The lowest BCUT2D eigenvalue weighted by Gasteiger charge is -2.20. The van der Waals surface area contributed by atoms with E-state index in [4.69, 9.17) is 4.74 Å². The molecule has 0 aromatic heterocycles. The fourth-order valence-electron chi connectivity index (χ4n) is 1.42. The number of fused-ring (bicyclic) bond motifs is 1. The van der Waals surface area contributed by atoms with Crippen LogP contribution in [0, 0.1) is 0 Å². The van der Waals surface area contributed by atoms with Crippen molar-refractivity contribution in [1.82, 2.24) is 0 Å². The van der Waals surface area contributed by atoms with Crippen molar-refractivity contribution in [3.63, 3.8) is 0 Å². The van der Waals surface area contributed by atoms with Crippen molar-refractivity contribution in [3.05, 3.63) is 23.8 Å². The van der Waals surface area contributed by atoms with Crippen LogP contribution >= 0.6 is 0 Å². The second-order valence-corrected chi connectivity index (χ2v) is 3.11. The first-order chi connectivity index (χ1) is 6.81. The van der Waals surface area contributed by atoms with Gasteiger partial charge in [-0.1, -0.05) is 6.07 Å². The molecule has 1 aromatic rings. The maximum absolute atomic E-state index is 10.4. The van der Waals surface area contributed by atoms with Gasteiger partial charge in [0.25, 0.3) is 0 Å². The summed E-state index contributed by atoms with van der Waals surface area (Å²) < 4.78 is 5.36. The van der Waals surface area contributed by atoms with Crippen molar-refractivity contribution in [2.75, 3.05) is 18.5 Å². The van der Waals surface area contributed by atoms with Gasteiger partial charge >= 0.3 is 0 Å². The zero-order chi connectivity index (χ0) is 9.97. The van der Waals surface area contributed by atoms with E-state index in [0.717, 1.165) is 18.0 Å². The molecule has 0 aliphatic carbocycles. The summed E-state index contributed by atoms with van der Waals surface area (Å²) in [5.74, 6) is 0.762. The Morgan fingerprint density at radius 3 is 3.21 bits per heavy atom. The van der Waals surface area contributed by atoms with E-state index >= 15 is 0 Å². The van der Waals surface area contributed by atoms with E-state index in [1.165, 1.54) is 0 Å². The van der Waals surface area contributed by atoms with Crippen LogP contribution in [0.15, 0.2) is 18.2 Å². The summed E-state index contributed by atoms with van der Waals surface area (Å²) in [4.78, 5) is 10.4. The molecular formula is C10H11NO3. The number of ether oxygens (including phenoxy) is 1. The number of aliphatic hydroxyl groups is 1.